The summed E-state index contributed by atoms with van der Waals surface area (Å²) in [5.41, 5.74) is 0.865. The van der Waals surface area contributed by atoms with Gasteiger partial charge in [0.1, 0.15) is 19.0 Å². The highest BCUT2D eigenvalue weighted by molar-refractivity contribution is 5.97. The summed E-state index contributed by atoms with van der Waals surface area (Å²) >= 11 is 0. The maximum atomic E-state index is 12.5. The van der Waals surface area contributed by atoms with Crippen molar-refractivity contribution in [1.29, 1.82) is 0 Å². The molecule has 0 aliphatic carbocycles. The lowest BCUT2D eigenvalue weighted by molar-refractivity contribution is -0.671. The highest BCUT2D eigenvalue weighted by atomic mass is 16.6. The van der Waals surface area contributed by atoms with Gasteiger partial charge in [0.25, 0.3) is 6.04 Å². The summed E-state index contributed by atoms with van der Waals surface area (Å²) in [4.78, 5) is 24.9. The topological polar surface area (TPSA) is 61.4 Å². The summed E-state index contributed by atoms with van der Waals surface area (Å²) in [6, 6.07) is 8.22. The molecule has 6 heteroatoms. The Bertz CT molecular complexity index is 682. The van der Waals surface area contributed by atoms with Crippen molar-refractivity contribution in [2.75, 3.05) is 6.61 Å². The number of hydrogen-bond donors (Lipinski definition) is 0. The van der Waals surface area contributed by atoms with E-state index in [-0.39, 0.29) is 6.61 Å². The van der Waals surface area contributed by atoms with Crippen molar-refractivity contribution < 1.29 is 23.6 Å². The van der Waals surface area contributed by atoms with E-state index in [9.17, 15) is 9.59 Å². The Labute approximate surface area is 148 Å². The number of carbonyl (C=O) groups excluding carboxylic acids is 2. The van der Waals surface area contributed by atoms with E-state index in [0.717, 1.165) is 24.8 Å². The van der Waals surface area contributed by atoms with E-state index in [4.69, 9.17) is 9.47 Å². The van der Waals surface area contributed by atoms with Gasteiger partial charge in [0.05, 0.1) is 13.7 Å². The fraction of sp³-hybridized carbons (Fsp3) is 0.421. The van der Waals surface area contributed by atoms with Gasteiger partial charge in [-0.1, -0.05) is 50.1 Å². The molecule has 0 saturated heterocycles. The zero-order valence-corrected chi connectivity index (χ0v) is 14.8. The van der Waals surface area contributed by atoms with Crippen LogP contribution in [0.3, 0.4) is 0 Å². The van der Waals surface area contributed by atoms with Gasteiger partial charge in [-0.15, -0.1) is 0 Å². The largest absolute Gasteiger partial charge is 0.462 e. The third-order valence-electron chi connectivity index (χ3n) is 3.75. The van der Waals surface area contributed by atoms with Crippen LogP contribution in [-0.2, 0) is 32.7 Å². The van der Waals surface area contributed by atoms with Crippen LogP contribution < -0.4 is 4.57 Å². The molecule has 0 fully saturated rings. The number of hydrogen-bond acceptors (Lipinski definition) is 4. The minimum absolute atomic E-state index is 0.118. The highest BCUT2D eigenvalue weighted by Crippen LogP contribution is 2.13. The molecule has 134 valence electrons. The van der Waals surface area contributed by atoms with Crippen molar-refractivity contribution in [3.63, 3.8) is 0 Å². The van der Waals surface area contributed by atoms with E-state index in [1.54, 1.807) is 23.3 Å². The monoisotopic (exact) mass is 345 g/mol. The number of nitrogens with zero attached hydrogens (tertiary/aromatic N) is 2. The minimum atomic E-state index is -1.13. The molecular formula is C19H25N2O4+. The molecule has 2 rings (SSSR count). The second-order valence-electron chi connectivity index (χ2n) is 5.90. The van der Waals surface area contributed by atoms with Crippen LogP contribution in [0, 0.1) is 0 Å². The summed E-state index contributed by atoms with van der Waals surface area (Å²) in [6.45, 7) is 2.50. The SMILES string of the molecule is CCCCCOC(=O)C(C(=O)OCc1ccccc1)n1cc[n+](C)c1. The summed E-state index contributed by atoms with van der Waals surface area (Å²) in [7, 11) is 1.81. The highest BCUT2D eigenvalue weighted by Gasteiger charge is 2.36. The van der Waals surface area contributed by atoms with Crippen LogP contribution in [-0.4, -0.2) is 23.1 Å². The van der Waals surface area contributed by atoms with Crippen LogP contribution in [0.2, 0.25) is 0 Å². The number of esters is 2. The molecule has 1 unspecified atom stereocenters. The first-order chi connectivity index (χ1) is 12.1. The summed E-state index contributed by atoms with van der Waals surface area (Å²) in [5.74, 6) is -1.22. The van der Waals surface area contributed by atoms with Crippen LogP contribution in [0.1, 0.15) is 37.8 Å². The second-order valence-corrected chi connectivity index (χ2v) is 5.90. The lowest BCUT2D eigenvalue weighted by atomic mass is 10.2. The summed E-state index contributed by atoms with van der Waals surface area (Å²) in [6.07, 6.45) is 7.86. The Hall–Kier alpha value is -2.63. The van der Waals surface area contributed by atoms with Gasteiger partial charge in [-0.3, -0.25) is 0 Å². The molecule has 0 N–H and O–H groups in total. The standard InChI is InChI=1S/C19H25N2O4/c1-3-4-8-13-24-18(22)17(21-12-11-20(2)15-21)19(23)25-14-16-9-6-5-7-10-16/h5-7,9-12,15,17H,3-4,8,13-14H2,1-2H3/q+1. The Morgan fingerprint density at radius 2 is 1.84 bits per heavy atom. The molecule has 0 saturated carbocycles. The van der Waals surface area contributed by atoms with Gasteiger partial charge < -0.3 is 9.47 Å². The van der Waals surface area contributed by atoms with Crippen molar-refractivity contribution in [1.82, 2.24) is 4.57 Å². The zero-order valence-electron chi connectivity index (χ0n) is 14.8. The Kier molecular flexibility index (Phi) is 7.19. The van der Waals surface area contributed by atoms with Crippen molar-refractivity contribution >= 4 is 11.9 Å². The molecule has 1 aromatic heterocycles. The van der Waals surface area contributed by atoms with E-state index in [1.165, 1.54) is 4.57 Å². The molecular weight excluding hydrogens is 320 g/mol. The number of aryl methyl sites for hydroxylation is 1. The molecule has 1 heterocycles. The molecule has 25 heavy (non-hydrogen) atoms. The first kappa shape index (κ1) is 18.7. The average molecular weight is 345 g/mol. The quantitative estimate of drug-likeness (QED) is 0.303. The van der Waals surface area contributed by atoms with E-state index < -0.39 is 18.0 Å². The van der Waals surface area contributed by atoms with E-state index in [2.05, 4.69) is 6.92 Å². The van der Waals surface area contributed by atoms with Crippen molar-refractivity contribution in [3.05, 3.63) is 54.6 Å². The number of carbonyl (C=O) groups is 2. The van der Waals surface area contributed by atoms with Crippen LogP contribution in [0.5, 0.6) is 0 Å². The summed E-state index contributed by atoms with van der Waals surface area (Å²) in [5, 5.41) is 0. The first-order valence-corrected chi connectivity index (χ1v) is 8.51. The number of ether oxygens (including phenoxy) is 2. The number of unbranched alkanes of at least 4 members (excludes halogenated alkanes) is 2. The average Bonchev–Trinajstić information content (AvgIpc) is 3.04. The molecule has 0 amide bonds. The predicted octanol–water partition coefficient (Wildman–Crippen LogP) is 2.33. The van der Waals surface area contributed by atoms with E-state index in [1.807, 2.05) is 37.4 Å². The van der Waals surface area contributed by atoms with E-state index in [0.29, 0.717) is 6.61 Å². The molecule has 0 aliphatic rings. The van der Waals surface area contributed by atoms with Crippen LogP contribution in [0.15, 0.2) is 49.1 Å². The second kappa shape index (κ2) is 9.61. The number of imidazole rings is 1. The molecule has 0 radical (unpaired) electrons. The van der Waals surface area contributed by atoms with Gasteiger partial charge in [-0.25, -0.2) is 18.7 Å². The molecule has 0 bridgehead atoms. The van der Waals surface area contributed by atoms with Crippen LogP contribution in [0.4, 0.5) is 0 Å². The van der Waals surface area contributed by atoms with Crippen molar-refractivity contribution in [3.8, 4) is 0 Å². The maximum absolute atomic E-state index is 12.5. The molecule has 0 aliphatic heterocycles. The molecule has 0 spiro atoms. The summed E-state index contributed by atoms with van der Waals surface area (Å²) < 4.78 is 13.9. The number of aromatic nitrogens is 2. The lowest BCUT2D eigenvalue weighted by Crippen LogP contribution is -2.32. The normalized spacial score (nSPS) is 11.8. The fourth-order valence-electron chi connectivity index (χ4n) is 2.37. The number of benzene rings is 1. The molecule has 1 aromatic carbocycles. The van der Waals surface area contributed by atoms with Gasteiger partial charge in [0.15, 0.2) is 0 Å². The Morgan fingerprint density at radius 3 is 2.48 bits per heavy atom. The van der Waals surface area contributed by atoms with Gasteiger partial charge in [0.2, 0.25) is 6.33 Å². The fourth-order valence-corrected chi connectivity index (χ4v) is 2.37. The van der Waals surface area contributed by atoms with Crippen molar-refractivity contribution in [2.24, 2.45) is 7.05 Å². The predicted molar refractivity (Wildman–Crippen MR) is 91.4 cm³/mol. The third-order valence-corrected chi connectivity index (χ3v) is 3.75. The minimum Gasteiger partial charge on any atom is -0.462 e. The van der Waals surface area contributed by atoms with Gasteiger partial charge >= 0.3 is 11.9 Å². The van der Waals surface area contributed by atoms with E-state index >= 15 is 0 Å². The maximum Gasteiger partial charge on any atom is 0.364 e. The number of rotatable bonds is 9. The van der Waals surface area contributed by atoms with Gasteiger partial charge in [-0.05, 0) is 12.0 Å². The Morgan fingerprint density at radius 1 is 1.12 bits per heavy atom. The molecule has 2 aromatic rings. The first-order valence-electron chi connectivity index (χ1n) is 8.51. The molecule has 6 nitrogen and oxygen atoms in total. The third kappa shape index (κ3) is 5.74. The lowest BCUT2D eigenvalue weighted by Gasteiger charge is -2.13. The van der Waals surface area contributed by atoms with Gasteiger partial charge in [0, 0.05) is 0 Å². The van der Waals surface area contributed by atoms with Crippen LogP contribution in [0.25, 0.3) is 0 Å². The smallest absolute Gasteiger partial charge is 0.364 e. The zero-order chi connectivity index (χ0) is 18.1. The molecule has 1 atom stereocenters. The van der Waals surface area contributed by atoms with Crippen LogP contribution >= 0.6 is 0 Å². The van der Waals surface area contributed by atoms with Gasteiger partial charge in [-0.2, -0.15) is 0 Å². The Balaban J connectivity index is 2.03. The van der Waals surface area contributed by atoms with Crippen molar-refractivity contribution in [2.45, 2.75) is 38.8 Å².